The monoisotopic (exact) mass is 300 g/mol. The Balaban J connectivity index is -0.000000280. The second-order valence-corrected chi connectivity index (χ2v) is 5.74. The van der Waals surface area contributed by atoms with Crippen LogP contribution in [0.1, 0.15) is 39.0 Å². The summed E-state index contributed by atoms with van der Waals surface area (Å²) < 4.78 is 39.2. The van der Waals surface area contributed by atoms with Crippen LogP contribution in [0.25, 0.3) is 0 Å². The van der Waals surface area contributed by atoms with E-state index in [4.69, 9.17) is 19.2 Å². The molecule has 0 bridgehead atoms. The molecule has 0 aliphatic heterocycles. The predicted molar refractivity (Wildman–Crippen MR) is 57.6 cm³/mol. The zero-order chi connectivity index (χ0) is 13.2. The van der Waals surface area contributed by atoms with Crippen LogP contribution in [0.2, 0.25) is 0 Å². The second-order valence-electron chi connectivity index (χ2n) is 3.19. The van der Waals surface area contributed by atoms with Gasteiger partial charge in [-0.25, -0.2) is 13.0 Å². The number of rotatable bonds is 6. The van der Waals surface area contributed by atoms with Gasteiger partial charge in [0.1, 0.15) is 0 Å². The molecular weight excluding hydrogens is 282 g/mol. The Morgan fingerprint density at radius 3 is 1.71 bits per heavy atom. The van der Waals surface area contributed by atoms with Crippen molar-refractivity contribution in [2.45, 2.75) is 39.0 Å². The Hall–Kier alpha value is 1.02. The molecule has 0 amide bonds. The summed E-state index contributed by atoms with van der Waals surface area (Å²) in [6.45, 7) is 2.09. The van der Waals surface area contributed by atoms with Gasteiger partial charge >= 0.3 is 37.4 Å². The fourth-order valence-corrected chi connectivity index (χ4v) is 1.44. The molecule has 10 heteroatoms. The molecule has 0 heterocycles. The second kappa shape index (κ2) is 12.1. The Morgan fingerprint density at radius 2 is 1.41 bits per heavy atom. The van der Waals surface area contributed by atoms with E-state index in [2.05, 4.69) is 6.92 Å². The summed E-state index contributed by atoms with van der Waals surface area (Å²) >= 11 is 0. The molecule has 0 aromatic rings. The molecule has 0 aromatic carbocycles. The maximum absolute atomic E-state index is 10.1. The molecule has 0 atom stereocenters. The quantitative estimate of drug-likeness (QED) is 0.215. The minimum atomic E-state index is -4.64. The van der Waals surface area contributed by atoms with Gasteiger partial charge in [-0.2, -0.15) is 0 Å². The van der Waals surface area contributed by atoms with Gasteiger partial charge in [0.2, 0.25) is 0 Å². The molecule has 0 aliphatic carbocycles. The van der Waals surface area contributed by atoms with Crippen molar-refractivity contribution in [3.8, 4) is 0 Å². The average molecular weight is 300 g/mol. The van der Waals surface area contributed by atoms with Crippen molar-refractivity contribution in [2.75, 3.05) is 5.75 Å². The molecule has 100 valence electrons. The van der Waals surface area contributed by atoms with E-state index in [0.29, 0.717) is 6.42 Å². The summed E-state index contributed by atoms with van der Waals surface area (Å²) in [4.78, 5) is 21.6. The van der Waals surface area contributed by atoms with E-state index in [1.54, 1.807) is 0 Å². The van der Waals surface area contributed by atoms with Crippen molar-refractivity contribution in [3.05, 3.63) is 0 Å². The fourth-order valence-electron chi connectivity index (χ4n) is 0.882. The molecule has 0 radical (unpaired) electrons. The van der Waals surface area contributed by atoms with Crippen LogP contribution in [-0.4, -0.2) is 33.4 Å². The predicted octanol–water partition coefficient (Wildman–Crippen LogP) is -2.42. The van der Waals surface area contributed by atoms with Crippen molar-refractivity contribution in [2.24, 2.45) is 0 Å². The molecule has 0 spiro atoms. The summed E-state index contributed by atoms with van der Waals surface area (Å²) in [6, 6.07) is 0. The number of unbranched alkanes of at least 4 members (excludes halogenated alkanes) is 4. The first-order valence-electron chi connectivity index (χ1n) is 4.78. The van der Waals surface area contributed by atoms with E-state index in [1.165, 1.54) is 0 Å². The van der Waals surface area contributed by atoms with Gasteiger partial charge in [-0.3, -0.25) is 0 Å². The maximum Gasteiger partial charge on any atom is 1.00 e. The Morgan fingerprint density at radius 1 is 1.06 bits per heavy atom. The van der Waals surface area contributed by atoms with Gasteiger partial charge in [0.15, 0.2) is 0 Å². The SMILES string of the molecule is CCCCCCCS(=O)(=O)[O-].O=P(O)(O)O.[Na+]. The molecule has 0 aliphatic rings. The molecule has 0 rings (SSSR count). The van der Waals surface area contributed by atoms with Crippen molar-refractivity contribution >= 4 is 17.9 Å². The molecular formula is C7H18NaO7PS. The van der Waals surface area contributed by atoms with Crippen molar-refractivity contribution in [1.82, 2.24) is 0 Å². The van der Waals surface area contributed by atoms with E-state index < -0.39 is 17.9 Å². The Bertz CT molecular complexity index is 291. The van der Waals surface area contributed by atoms with E-state index in [-0.39, 0.29) is 35.3 Å². The summed E-state index contributed by atoms with van der Waals surface area (Å²) in [5, 5.41) is 0. The normalized spacial score (nSPS) is 11.1. The minimum absolute atomic E-state index is 0. The molecule has 17 heavy (non-hydrogen) atoms. The van der Waals surface area contributed by atoms with Gasteiger partial charge < -0.3 is 19.2 Å². The first kappa shape index (κ1) is 23.1. The van der Waals surface area contributed by atoms with E-state index in [9.17, 15) is 13.0 Å². The average Bonchev–Trinajstić information content (AvgIpc) is 1.98. The first-order valence-corrected chi connectivity index (χ1v) is 7.92. The molecule has 0 aromatic heterocycles. The number of hydrogen-bond donors (Lipinski definition) is 3. The Labute approximate surface area is 124 Å². The van der Waals surface area contributed by atoms with Crippen LogP contribution in [0, 0.1) is 0 Å². The summed E-state index contributed by atoms with van der Waals surface area (Å²) in [5.74, 6) is -0.198. The fraction of sp³-hybridized carbons (Fsp3) is 1.00. The molecule has 0 saturated heterocycles. The van der Waals surface area contributed by atoms with Crippen LogP contribution in [0.15, 0.2) is 0 Å². The van der Waals surface area contributed by atoms with Crippen LogP contribution < -0.4 is 29.6 Å². The zero-order valence-electron chi connectivity index (χ0n) is 10.1. The molecule has 0 unspecified atom stereocenters. The molecule has 0 saturated carbocycles. The largest absolute Gasteiger partial charge is 1.00 e. The minimum Gasteiger partial charge on any atom is -0.748 e. The summed E-state index contributed by atoms with van der Waals surface area (Å²) in [5.41, 5.74) is 0. The first-order chi connectivity index (χ1) is 7.06. The Kier molecular flexibility index (Phi) is 16.4. The standard InChI is InChI=1S/C7H16O3S.Na.H3O4P/c1-2-3-4-5-6-7-11(8,9)10;;1-5(2,3)4/h2-7H2,1H3,(H,8,9,10);;(H3,1,2,3,4)/q;+1;/p-1. The van der Waals surface area contributed by atoms with Crippen molar-refractivity contribution < 1.29 is 61.8 Å². The van der Waals surface area contributed by atoms with Crippen LogP contribution in [0.4, 0.5) is 0 Å². The van der Waals surface area contributed by atoms with Crippen molar-refractivity contribution in [1.29, 1.82) is 0 Å². The smallest absolute Gasteiger partial charge is 0.748 e. The summed E-state index contributed by atoms with van der Waals surface area (Å²) in [6.07, 6.45) is 4.66. The molecule has 3 N–H and O–H groups in total. The number of phosphoric acid groups is 1. The number of hydrogen-bond acceptors (Lipinski definition) is 4. The molecule has 7 nitrogen and oxygen atoms in total. The third-order valence-corrected chi connectivity index (χ3v) is 2.29. The van der Waals surface area contributed by atoms with Gasteiger partial charge in [-0.15, -0.1) is 0 Å². The third kappa shape index (κ3) is 47.2. The van der Waals surface area contributed by atoms with E-state index in [0.717, 1.165) is 25.7 Å². The zero-order valence-corrected chi connectivity index (χ0v) is 13.8. The summed E-state index contributed by atoms with van der Waals surface area (Å²) in [7, 11) is -8.60. The van der Waals surface area contributed by atoms with Crippen molar-refractivity contribution in [3.63, 3.8) is 0 Å². The third-order valence-electron chi connectivity index (χ3n) is 1.50. The van der Waals surface area contributed by atoms with Crippen LogP contribution in [0.3, 0.4) is 0 Å². The topological polar surface area (TPSA) is 135 Å². The van der Waals surface area contributed by atoms with Crippen LogP contribution >= 0.6 is 7.82 Å². The van der Waals surface area contributed by atoms with Gasteiger partial charge in [-0.1, -0.05) is 32.6 Å². The van der Waals surface area contributed by atoms with E-state index in [1.807, 2.05) is 0 Å². The van der Waals surface area contributed by atoms with E-state index >= 15 is 0 Å². The van der Waals surface area contributed by atoms with Gasteiger partial charge in [0.05, 0.1) is 10.1 Å². The van der Waals surface area contributed by atoms with Gasteiger partial charge in [-0.05, 0) is 6.42 Å². The molecule has 0 fully saturated rings. The van der Waals surface area contributed by atoms with Crippen LogP contribution in [0.5, 0.6) is 0 Å². The van der Waals surface area contributed by atoms with Gasteiger partial charge in [0, 0.05) is 5.75 Å². The maximum atomic E-state index is 10.1. The van der Waals surface area contributed by atoms with Crippen LogP contribution in [-0.2, 0) is 14.7 Å². The van der Waals surface area contributed by atoms with Gasteiger partial charge in [0.25, 0.3) is 0 Å².